The Balaban J connectivity index is -0.000000644. The molecule has 2 aliphatic rings. The van der Waals surface area contributed by atoms with Gasteiger partial charge in [-0.3, -0.25) is 14.4 Å². The standard InChI is InChI=1S/C20H30O6.C16H30O6.C13H28N2O3.C13H29NO3S.C11H24O.C9H20O2S.C7H16/c1-12(2)6-4-5-7-14-8-10-15(11-9-14)25-20-18(24)16(22)17(23)19(26-20)13(3)21;1-10(2)8-6-4-5-7-9-21-16-14(20)12(18)13(19)15(22-16)11(3)17;1-4-13(9-16,10-17)15-12(18)6-8-14-7-5-11(2)3;1-4-13(11-15)7-5-6-10-18(16,17)14-9-8-12(2)3;1-4-11(12)9-7-5-6-8-10(2)3;1-9(2)7-5-4-6-8-12(3,10)11;1-4-5-6-7(2)3/h8-12,16-20,22-24H,4-7H2,1-3H3;10,12-16,18-20H,4-9H2,1-3H3;11,14,16-17H,4-10H2,1-3H3,(H,15,18);12-15H,4-11H2,1-3H3;10-12H,4-9H2,1-3H3;9H,4-8H2,1-3H3;7H,4-6H2,1-3H3. The van der Waals surface area contributed by atoms with Gasteiger partial charge in [0, 0.05) is 44.7 Å². The molecule has 0 radical (unpaired) electrons. The number of Topliss-reactive ketones (excluding diaryl/α,β-unsaturated/α-hetero) is 2. The van der Waals surface area contributed by atoms with Gasteiger partial charge in [0.2, 0.25) is 22.2 Å². The number of hydrogen-bond acceptors (Lipinski definition) is 22. The molecule has 0 aliphatic carbocycles. The number of carbonyl (C=O) groups excluding carboxylic acids is 3. The van der Waals surface area contributed by atoms with E-state index in [1.165, 1.54) is 103 Å². The number of ether oxygens (including phenoxy) is 4. The molecule has 2 heterocycles. The average Bonchev–Trinajstić information content (AvgIpc) is 0.815. The van der Waals surface area contributed by atoms with Gasteiger partial charge >= 0.3 is 0 Å². The molecule has 2 aliphatic heterocycles. The second-order valence-electron chi connectivity index (χ2n) is 34.9. The Morgan fingerprint density at radius 2 is 0.896 bits per heavy atom. The third-order valence-electron chi connectivity index (χ3n) is 20.1. The fourth-order valence-corrected chi connectivity index (χ4v) is 13.7. The van der Waals surface area contributed by atoms with E-state index < -0.39 is 98.4 Å². The molecule has 0 bridgehead atoms. The van der Waals surface area contributed by atoms with Crippen LogP contribution in [0.5, 0.6) is 5.75 Å². The van der Waals surface area contributed by atoms with E-state index in [4.69, 9.17) is 24.1 Å². The summed E-state index contributed by atoms with van der Waals surface area (Å²) in [6.07, 6.45) is 19.5. The number of sulfonamides is 1. The Morgan fingerprint density at radius 3 is 1.32 bits per heavy atom. The van der Waals surface area contributed by atoms with Crippen LogP contribution >= 0.6 is 0 Å². The first-order valence-electron chi connectivity index (χ1n) is 44.3. The number of ketones is 2. The zero-order valence-electron chi connectivity index (χ0n) is 76.1. The molecule has 2 saturated heterocycles. The van der Waals surface area contributed by atoms with Gasteiger partial charge < -0.3 is 80.6 Å². The third-order valence-corrected chi connectivity index (χ3v) is 22.6. The quantitative estimate of drug-likeness (QED) is 0.0269. The van der Waals surface area contributed by atoms with E-state index in [1.807, 2.05) is 32.9 Å². The van der Waals surface area contributed by atoms with Crippen molar-refractivity contribution in [3.63, 3.8) is 0 Å². The predicted octanol–water partition coefficient (Wildman–Crippen LogP) is 13.7. The average molecular weight is 1690 g/mol. The van der Waals surface area contributed by atoms with E-state index in [0.29, 0.717) is 68.2 Å². The van der Waals surface area contributed by atoms with Crippen LogP contribution in [0.4, 0.5) is 0 Å². The van der Waals surface area contributed by atoms with Crippen LogP contribution in [0.15, 0.2) is 24.3 Å². The minimum atomic E-state index is -3.10. The fraction of sp³-hybridized carbons (Fsp3) is 0.899. The summed E-state index contributed by atoms with van der Waals surface area (Å²) < 4.78 is 69.0. The van der Waals surface area contributed by atoms with Crippen LogP contribution in [0.3, 0.4) is 0 Å². The van der Waals surface area contributed by atoms with E-state index in [2.05, 4.69) is 119 Å². The third kappa shape index (κ3) is 67.4. The molecular formula is C89H177N3O21S2. The van der Waals surface area contributed by atoms with E-state index in [9.17, 15) is 77.2 Å². The number of rotatable bonds is 54. The van der Waals surface area contributed by atoms with E-state index in [1.54, 1.807) is 12.1 Å². The lowest BCUT2D eigenvalue weighted by atomic mass is 9.97. The van der Waals surface area contributed by atoms with Crippen molar-refractivity contribution in [1.82, 2.24) is 15.4 Å². The molecule has 12 atom stereocenters. The van der Waals surface area contributed by atoms with E-state index in [-0.39, 0.29) is 37.6 Å². The van der Waals surface area contributed by atoms with Crippen molar-refractivity contribution in [2.75, 3.05) is 63.8 Å². The highest BCUT2D eigenvalue weighted by Gasteiger charge is 2.48. The normalized spacial score (nSPS) is 20.2. The Bertz CT molecular complexity index is 2660. The van der Waals surface area contributed by atoms with Gasteiger partial charge in [-0.1, -0.05) is 252 Å². The van der Waals surface area contributed by atoms with E-state index >= 15 is 0 Å². The molecule has 686 valence electrons. The highest BCUT2D eigenvalue weighted by molar-refractivity contribution is 7.90. The van der Waals surface area contributed by atoms with Crippen molar-refractivity contribution in [2.45, 2.75) is 404 Å². The summed E-state index contributed by atoms with van der Waals surface area (Å²) in [4.78, 5) is 34.6. The van der Waals surface area contributed by atoms with Crippen LogP contribution in [0.1, 0.15) is 330 Å². The number of benzene rings is 1. The summed E-state index contributed by atoms with van der Waals surface area (Å²) in [5, 5.41) is 102. The number of aliphatic hydroxyl groups is 10. The smallest absolute Gasteiger partial charge is 0.229 e. The predicted molar refractivity (Wildman–Crippen MR) is 468 cm³/mol. The number of hydrogen-bond donors (Lipinski definition) is 13. The summed E-state index contributed by atoms with van der Waals surface area (Å²) in [5.41, 5.74) is 0.318. The van der Waals surface area contributed by atoms with Gasteiger partial charge in [0.25, 0.3) is 0 Å². The van der Waals surface area contributed by atoms with Gasteiger partial charge in [-0.25, -0.2) is 21.6 Å². The van der Waals surface area contributed by atoms with Gasteiger partial charge in [-0.15, -0.1) is 0 Å². The largest absolute Gasteiger partial charge is 0.462 e. The lowest BCUT2D eigenvalue weighted by Gasteiger charge is -2.39. The van der Waals surface area contributed by atoms with Crippen molar-refractivity contribution >= 4 is 37.3 Å². The molecule has 12 unspecified atom stereocenters. The molecule has 0 spiro atoms. The van der Waals surface area contributed by atoms with Crippen LogP contribution in [-0.4, -0.2) is 222 Å². The second kappa shape index (κ2) is 71.7. The van der Waals surface area contributed by atoms with Crippen molar-refractivity contribution in [3.8, 4) is 5.75 Å². The molecule has 0 saturated carbocycles. The van der Waals surface area contributed by atoms with Crippen molar-refractivity contribution < 1.29 is 101 Å². The molecule has 115 heavy (non-hydrogen) atoms. The molecule has 1 amide bonds. The molecule has 0 aromatic heterocycles. The summed E-state index contributed by atoms with van der Waals surface area (Å²) in [6.45, 7) is 43.6. The van der Waals surface area contributed by atoms with Crippen molar-refractivity contribution in [2.24, 2.45) is 47.3 Å². The summed E-state index contributed by atoms with van der Waals surface area (Å²) in [6, 6.07) is 7.45. The monoisotopic (exact) mass is 1690 g/mol. The number of carbonyl (C=O) groups is 3. The lowest BCUT2D eigenvalue weighted by Crippen LogP contribution is -2.60. The van der Waals surface area contributed by atoms with E-state index in [0.717, 1.165) is 132 Å². The lowest BCUT2D eigenvalue weighted by molar-refractivity contribution is -0.290. The maximum absolute atomic E-state index is 11.7. The van der Waals surface area contributed by atoms with Crippen molar-refractivity contribution in [3.05, 3.63) is 29.8 Å². The molecular weight excluding hydrogens is 1510 g/mol. The van der Waals surface area contributed by atoms with Crippen molar-refractivity contribution in [1.29, 1.82) is 0 Å². The number of unbranched alkanes of at least 4 members (excludes halogenated alkanes) is 10. The Morgan fingerprint density at radius 1 is 0.478 bits per heavy atom. The van der Waals surface area contributed by atoms with Crippen LogP contribution < -0.4 is 20.1 Å². The first-order chi connectivity index (χ1) is 53.9. The van der Waals surface area contributed by atoms with Crippen LogP contribution in [0.2, 0.25) is 0 Å². The van der Waals surface area contributed by atoms with Gasteiger partial charge in [-0.05, 0) is 156 Å². The van der Waals surface area contributed by atoms with Gasteiger partial charge in [0.1, 0.15) is 64.4 Å². The number of nitrogens with one attached hydrogen (secondary N) is 3. The summed E-state index contributed by atoms with van der Waals surface area (Å²) in [5.74, 6) is 5.45. The molecule has 3 rings (SSSR count). The zero-order valence-corrected chi connectivity index (χ0v) is 77.8. The maximum atomic E-state index is 11.7. The molecule has 26 heteroatoms. The van der Waals surface area contributed by atoms with Crippen LogP contribution in [0, 0.1) is 47.3 Å². The van der Waals surface area contributed by atoms with Gasteiger partial charge in [0.15, 0.2) is 17.9 Å². The number of sulfone groups is 1. The Labute approximate surface area is 701 Å². The minimum absolute atomic E-state index is 0.0518. The fourth-order valence-electron chi connectivity index (χ4n) is 11.8. The SMILES string of the molecule is CC(=O)C1OC(OCCCCCCC(C)C)C(O)C(O)C1O.CC(=O)C1OC(Oc2ccc(CCCCC(C)C)cc2)C(O)C(O)C1O.CC(C)CCCCCS(C)(=O)=O.CCC(CO)(CO)NC(=O)CCNCCC(C)C.CCC(CO)CCCCS(=O)(=O)NCCC(C)C.CCC(O)CCCCCC(C)C.CCCCC(C)C. The molecule has 2 fully saturated rings. The van der Waals surface area contributed by atoms with Crippen LogP contribution in [0.25, 0.3) is 0 Å². The number of aryl methyl sites for hydroxylation is 1. The van der Waals surface area contributed by atoms with Gasteiger partial charge in [-0.2, -0.15) is 0 Å². The molecule has 1 aromatic carbocycles. The highest BCUT2D eigenvalue weighted by atomic mass is 32.2. The summed E-state index contributed by atoms with van der Waals surface area (Å²) >= 11 is 0. The number of aliphatic hydroxyl groups excluding tert-OH is 10. The topological polar surface area (TPSA) is 395 Å². The van der Waals surface area contributed by atoms with Gasteiger partial charge in [0.05, 0.1) is 30.6 Å². The molecule has 1 aromatic rings. The van der Waals surface area contributed by atoms with Crippen LogP contribution in [-0.2, 0) is 54.9 Å². The Kier molecular flexibility index (Phi) is 73.8. The zero-order chi connectivity index (χ0) is 88.7. The molecule has 13 N–H and O–H groups in total. The first-order valence-corrected chi connectivity index (χ1v) is 48.0. The number of amides is 1. The molecule has 24 nitrogen and oxygen atoms in total. The second-order valence-corrected chi connectivity index (χ2v) is 39.1. The summed E-state index contributed by atoms with van der Waals surface area (Å²) in [7, 11) is -5.83. The Hall–Kier alpha value is -2.87. The first kappa shape index (κ1) is 118. The highest BCUT2D eigenvalue weighted by Crippen LogP contribution is 2.27. The maximum Gasteiger partial charge on any atom is 0.229 e. The minimum Gasteiger partial charge on any atom is -0.462 e.